The predicted octanol–water partition coefficient (Wildman–Crippen LogP) is 2.37. The van der Waals surface area contributed by atoms with Gasteiger partial charge in [-0.1, -0.05) is 6.07 Å². The number of rotatable bonds is 3. The van der Waals surface area contributed by atoms with Crippen LogP contribution in [0.1, 0.15) is 6.92 Å². The van der Waals surface area contributed by atoms with E-state index in [1.807, 2.05) is 30.3 Å². The van der Waals surface area contributed by atoms with Gasteiger partial charge in [0.2, 0.25) is 5.91 Å². The maximum absolute atomic E-state index is 11.0. The Morgan fingerprint density at radius 2 is 1.89 bits per heavy atom. The molecule has 0 atom stereocenters. The Kier molecular flexibility index (Phi) is 3.43. The first-order valence-electron chi connectivity index (χ1n) is 5.50. The van der Waals surface area contributed by atoms with Crippen LogP contribution >= 0.6 is 0 Å². The second kappa shape index (κ2) is 5.18. The molecule has 0 saturated carbocycles. The third-order valence-electron chi connectivity index (χ3n) is 2.25. The van der Waals surface area contributed by atoms with Crippen molar-refractivity contribution in [3.63, 3.8) is 0 Å². The van der Waals surface area contributed by atoms with Crippen molar-refractivity contribution in [1.29, 1.82) is 0 Å². The van der Waals surface area contributed by atoms with Gasteiger partial charge in [0.15, 0.2) is 0 Å². The molecule has 1 amide bonds. The fourth-order valence-corrected chi connectivity index (χ4v) is 1.57. The van der Waals surface area contributed by atoms with Crippen LogP contribution in [0.3, 0.4) is 0 Å². The van der Waals surface area contributed by atoms with Gasteiger partial charge >= 0.3 is 0 Å². The summed E-state index contributed by atoms with van der Waals surface area (Å²) < 4.78 is 0. The normalized spacial score (nSPS) is 9.83. The van der Waals surface area contributed by atoms with E-state index in [0.29, 0.717) is 5.82 Å². The number of carbonyl (C=O) groups is 1. The first-order valence-corrected chi connectivity index (χ1v) is 5.50. The van der Waals surface area contributed by atoms with Crippen LogP contribution in [0.15, 0.2) is 42.6 Å². The lowest BCUT2D eigenvalue weighted by atomic mass is 10.2. The number of hydrogen-bond acceptors (Lipinski definition) is 4. The molecule has 5 nitrogen and oxygen atoms in total. The van der Waals surface area contributed by atoms with E-state index in [0.717, 1.165) is 17.1 Å². The SMILES string of the molecule is CC(=O)Nc1cccc(Nc2ccnc(N)c2)c1. The molecule has 0 aliphatic heterocycles. The van der Waals surface area contributed by atoms with Crippen LogP contribution in [0.4, 0.5) is 22.9 Å². The summed E-state index contributed by atoms with van der Waals surface area (Å²) in [6.07, 6.45) is 1.63. The van der Waals surface area contributed by atoms with E-state index < -0.39 is 0 Å². The number of anilines is 4. The molecular formula is C13H14N4O. The highest BCUT2D eigenvalue weighted by Gasteiger charge is 1.99. The maximum atomic E-state index is 11.0. The lowest BCUT2D eigenvalue weighted by molar-refractivity contribution is -0.114. The zero-order valence-corrected chi connectivity index (χ0v) is 9.97. The van der Waals surface area contributed by atoms with Gasteiger partial charge < -0.3 is 16.4 Å². The standard InChI is InChI=1S/C13H14N4O/c1-9(18)16-10-3-2-4-11(7-10)17-12-5-6-15-13(14)8-12/h2-8H,1H3,(H,16,18)(H3,14,15,17). The molecule has 2 rings (SSSR count). The maximum Gasteiger partial charge on any atom is 0.221 e. The Bertz CT molecular complexity index is 568. The van der Waals surface area contributed by atoms with E-state index in [-0.39, 0.29) is 5.91 Å². The molecule has 1 aromatic carbocycles. The molecule has 0 bridgehead atoms. The molecule has 0 fully saturated rings. The Morgan fingerprint density at radius 3 is 2.61 bits per heavy atom. The third kappa shape index (κ3) is 3.21. The van der Waals surface area contributed by atoms with Crippen molar-refractivity contribution in [3.8, 4) is 0 Å². The van der Waals surface area contributed by atoms with Crippen LogP contribution < -0.4 is 16.4 Å². The molecule has 18 heavy (non-hydrogen) atoms. The number of carbonyl (C=O) groups excluding carboxylic acids is 1. The van der Waals surface area contributed by atoms with Gasteiger partial charge in [-0.15, -0.1) is 0 Å². The number of nitrogens with one attached hydrogen (secondary N) is 2. The number of nitrogen functional groups attached to an aromatic ring is 1. The zero-order chi connectivity index (χ0) is 13.0. The Hall–Kier alpha value is -2.56. The number of aromatic nitrogens is 1. The van der Waals surface area contributed by atoms with E-state index in [4.69, 9.17) is 5.73 Å². The smallest absolute Gasteiger partial charge is 0.221 e. The summed E-state index contributed by atoms with van der Waals surface area (Å²) in [7, 11) is 0. The molecule has 92 valence electrons. The second-order valence-corrected chi connectivity index (χ2v) is 3.86. The van der Waals surface area contributed by atoms with Crippen LogP contribution in [0.25, 0.3) is 0 Å². The van der Waals surface area contributed by atoms with Crippen molar-refractivity contribution < 1.29 is 4.79 Å². The fourth-order valence-electron chi connectivity index (χ4n) is 1.57. The number of benzene rings is 1. The number of nitrogens with two attached hydrogens (primary N) is 1. The minimum atomic E-state index is -0.0969. The number of hydrogen-bond donors (Lipinski definition) is 3. The molecule has 0 radical (unpaired) electrons. The third-order valence-corrected chi connectivity index (χ3v) is 2.25. The van der Waals surface area contributed by atoms with E-state index in [2.05, 4.69) is 15.6 Å². The van der Waals surface area contributed by atoms with Crippen LogP contribution in [-0.2, 0) is 4.79 Å². The van der Waals surface area contributed by atoms with Crippen LogP contribution in [-0.4, -0.2) is 10.9 Å². The van der Waals surface area contributed by atoms with Gasteiger partial charge in [-0.05, 0) is 24.3 Å². The number of nitrogens with zero attached hydrogens (tertiary/aromatic N) is 1. The molecule has 0 aliphatic rings. The van der Waals surface area contributed by atoms with Gasteiger partial charge in [0.1, 0.15) is 5.82 Å². The fraction of sp³-hybridized carbons (Fsp3) is 0.0769. The van der Waals surface area contributed by atoms with Crippen LogP contribution in [0.5, 0.6) is 0 Å². The highest BCUT2D eigenvalue weighted by molar-refractivity contribution is 5.89. The van der Waals surface area contributed by atoms with Crippen molar-refractivity contribution in [1.82, 2.24) is 4.98 Å². The van der Waals surface area contributed by atoms with Crippen molar-refractivity contribution in [2.45, 2.75) is 6.92 Å². The average Bonchev–Trinajstić information content (AvgIpc) is 2.28. The first kappa shape index (κ1) is 11.9. The van der Waals surface area contributed by atoms with E-state index in [1.54, 1.807) is 12.3 Å². The summed E-state index contributed by atoms with van der Waals surface area (Å²) in [5.74, 6) is 0.360. The summed E-state index contributed by atoms with van der Waals surface area (Å²) in [5.41, 5.74) is 8.06. The predicted molar refractivity (Wildman–Crippen MR) is 72.7 cm³/mol. The molecule has 4 N–H and O–H groups in total. The highest BCUT2D eigenvalue weighted by Crippen LogP contribution is 2.20. The van der Waals surface area contributed by atoms with E-state index >= 15 is 0 Å². The minimum Gasteiger partial charge on any atom is -0.384 e. The molecule has 1 aromatic heterocycles. The van der Waals surface area contributed by atoms with Crippen LogP contribution in [0.2, 0.25) is 0 Å². The molecular weight excluding hydrogens is 228 g/mol. The van der Waals surface area contributed by atoms with Crippen molar-refractivity contribution in [3.05, 3.63) is 42.6 Å². The van der Waals surface area contributed by atoms with E-state index in [1.165, 1.54) is 6.92 Å². The van der Waals surface area contributed by atoms with Gasteiger partial charge in [0.25, 0.3) is 0 Å². The Balaban J connectivity index is 2.16. The summed E-state index contributed by atoms with van der Waals surface area (Å²) in [6, 6.07) is 11.0. The molecule has 0 aliphatic carbocycles. The van der Waals surface area contributed by atoms with Gasteiger partial charge in [0, 0.05) is 36.2 Å². The topological polar surface area (TPSA) is 80.0 Å². The molecule has 2 aromatic rings. The van der Waals surface area contributed by atoms with Gasteiger partial charge in [-0.25, -0.2) is 4.98 Å². The highest BCUT2D eigenvalue weighted by atomic mass is 16.1. The average molecular weight is 242 g/mol. The zero-order valence-electron chi connectivity index (χ0n) is 9.97. The van der Waals surface area contributed by atoms with Crippen LogP contribution in [0, 0.1) is 0 Å². The lowest BCUT2D eigenvalue weighted by Crippen LogP contribution is -2.05. The first-order chi connectivity index (χ1) is 8.63. The van der Waals surface area contributed by atoms with Gasteiger partial charge in [0.05, 0.1) is 0 Å². The second-order valence-electron chi connectivity index (χ2n) is 3.86. The Labute approximate surface area is 105 Å². The van der Waals surface area contributed by atoms with E-state index in [9.17, 15) is 4.79 Å². The number of amides is 1. The molecule has 1 heterocycles. The van der Waals surface area contributed by atoms with Gasteiger partial charge in [-0.3, -0.25) is 4.79 Å². The van der Waals surface area contributed by atoms with Crippen molar-refractivity contribution in [2.24, 2.45) is 0 Å². The molecule has 0 saturated heterocycles. The monoisotopic (exact) mass is 242 g/mol. The van der Waals surface area contributed by atoms with Crippen molar-refractivity contribution in [2.75, 3.05) is 16.4 Å². The molecule has 0 spiro atoms. The Morgan fingerprint density at radius 1 is 1.17 bits per heavy atom. The quantitative estimate of drug-likeness (QED) is 0.772. The van der Waals surface area contributed by atoms with Gasteiger partial charge in [-0.2, -0.15) is 0 Å². The molecule has 0 unspecified atom stereocenters. The summed E-state index contributed by atoms with van der Waals surface area (Å²) in [4.78, 5) is 14.9. The summed E-state index contributed by atoms with van der Waals surface area (Å²) in [5, 5.41) is 5.91. The lowest BCUT2D eigenvalue weighted by Gasteiger charge is -2.08. The largest absolute Gasteiger partial charge is 0.384 e. The summed E-state index contributed by atoms with van der Waals surface area (Å²) in [6.45, 7) is 1.48. The minimum absolute atomic E-state index is 0.0969. The summed E-state index contributed by atoms with van der Waals surface area (Å²) >= 11 is 0. The molecule has 5 heteroatoms. The van der Waals surface area contributed by atoms with Crippen molar-refractivity contribution >= 4 is 28.8 Å². The number of pyridine rings is 1.